The number of hydrogen-bond acceptors (Lipinski definition) is 2. The second kappa shape index (κ2) is 5.72. The molecule has 106 valence electrons. The first-order chi connectivity index (χ1) is 8.89. The van der Waals surface area contributed by atoms with Gasteiger partial charge in [0.15, 0.2) is 0 Å². The zero-order chi connectivity index (χ0) is 14.0. The van der Waals surface area contributed by atoms with Crippen molar-refractivity contribution in [1.82, 2.24) is 0 Å². The maximum Gasteiger partial charge on any atom is 0.0665 e. The molecular weight excluding hydrogens is 258 g/mol. The standard InChI is InChI=1S/C16H24ClNO/c1-11(2)10-19-15-9-14(16(15,3)4)18-13-7-5-12(17)6-8-13/h5-8,11,14-15,18H,9-10H2,1-4H3. The number of rotatable bonds is 5. The highest BCUT2D eigenvalue weighted by Crippen LogP contribution is 2.44. The normalized spacial score (nSPS) is 25.2. The summed E-state index contributed by atoms with van der Waals surface area (Å²) in [5, 5.41) is 4.35. The molecule has 1 aliphatic rings. The first-order valence-corrected chi connectivity index (χ1v) is 7.41. The van der Waals surface area contributed by atoms with Gasteiger partial charge < -0.3 is 10.1 Å². The van der Waals surface area contributed by atoms with E-state index < -0.39 is 0 Å². The molecule has 0 aromatic heterocycles. The minimum atomic E-state index is 0.175. The van der Waals surface area contributed by atoms with Gasteiger partial charge >= 0.3 is 0 Å². The number of halogens is 1. The maximum absolute atomic E-state index is 5.98. The fraction of sp³-hybridized carbons (Fsp3) is 0.625. The van der Waals surface area contributed by atoms with Crippen LogP contribution in [0.15, 0.2) is 24.3 Å². The topological polar surface area (TPSA) is 21.3 Å². The summed E-state index contributed by atoms with van der Waals surface area (Å²) < 4.78 is 5.98. The highest BCUT2D eigenvalue weighted by atomic mass is 35.5. The van der Waals surface area contributed by atoms with E-state index in [1.807, 2.05) is 24.3 Å². The van der Waals surface area contributed by atoms with E-state index in [-0.39, 0.29) is 5.41 Å². The lowest BCUT2D eigenvalue weighted by atomic mass is 9.64. The summed E-state index contributed by atoms with van der Waals surface area (Å²) in [6, 6.07) is 8.36. The summed E-state index contributed by atoms with van der Waals surface area (Å²) in [6.45, 7) is 9.77. The van der Waals surface area contributed by atoms with Crippen LogP contribution in [-0.4, -0.2) is 18.8 Å². The lowest BCUT2D eigenvalue weighted by Gasteiger charge is -2.52. The Kier molecular flexibility index (Phi) is 4.42. The first-order valence-electron chi connectivity index (χ1n) is 7.03. The summed E-state index contributed by atoms with van der Waals surface area (Å²) in [5.74, 6) is 0.596. The number of benzene rings is 1. The van der Waals surface area contributed by atoms with E-state index in [0.29, 0.717) is 18.1 Å². The third-order valence-electron chi connectivity index (χ3n) is 3.99. The van der Waals surface area contributed by atoms with E-state index in [2.05, 4.69) is 33.0 Å². The molecule has 1 N–H and O–H groups in total. The van der Waals surface area contributed by atoms with E-state index in [1.165, 1.54) is 0 Å². The molecule has 2 atom stereocenters. The van der Waals surface area contributed by atoms with Crippen LogP contribution in [0.5, 0.6) is 0 Å². The van der Waals surface area contributed by atoms with Gasteiger partial charge in [0.25, 0.3) is 0 Å². The van der Waals surface area contributed by atoms with E-state index in [0.717, 1.165) is 23.7 Å². The third kappa shape index (κ3) is 3.43. The van der Waals surface area contributed by atoms with E-state index in [9.17, 15) is 0 Å². The van der Waals surface area contributed by atoms with Crippen LogP contribution in [0.4, 0.5) is 5.69 Å². The molecule has 19 heavy (non-hydrogen) atoms. The van der Waals surface area contributed by atoms with Gasteiger partial charge in [0.1, 0.15) is 0 Å². The molecule has 2 nitrogen and oxygen atoms in total. The van der Waals surface area contributed by atoms with Crippen LogP contribution in [0, 0.1) is 11.3 Å². The summed E-state index contributed by atoms with van der Waals surface area (Å²) in [4.78, 5) is 0. The van der Waals surface area contributed by atoms with Crippen molar-refractivity contribution in [3.63, 3.8) is 0 Å². The van der Waals surface area contributed by atoms with Crippen molar-refractivity contribution in [2.75, 3.05) is 11.9 Å². The van der Waals surface area contributed by atoms with Gasteiger partial charge in [-0.05, 0) is 36.6 Å². The molecule has 1 aromatic carbocycles. The molecule has 1 aromatic rings. The second-order valence-corrected chi connectivity index (χ2v) is 6.91. The van der Waals surface area contributed by atoms with Gasteiger partial charge in [-0.15, -0.1) is 0 Å². The molecule has 0 amide bonds. The predicted molar refractivity (Wildman–Crippen MR) is 81.8 cm³/mol. The SMILES string of the molecule is CC(C)COC1CC(Nc2ccc(Cl)cc2)C1(C)C. The van der Waals surface area contributed by atoms with Crippen molar-refractivity contribution in [3.8, 4) is 0 Å². The minimum absolute atomic E-state index is 0.175. The van der Waals surface area contributed by atoms with Crippen molar-refractivity contribution in [1.29, 1.82) is 0 Å². The van der Waals surface area contributed by atoms with E-state index >= 15 is 0 Å². The third-order valence-corrected chi connectivity index (χ3v) is 4.25. The van der Waals surface area contributed by atoms with Gasteiger partial charge in [-0.3, -0.25) is 0 Å². The Morgan fingerprint density at radius 2 is 1.95 bits per heavy atom. The Bertz CT molecular complexity index is 413. The first kappa shape index (κ1) is 14.7. The van der Waals surface area contributed by atoms with Crippen molar-refractivity contribution in [3.05, 3.63) is 29.3 Å². The molecule has 0 heterocycles. The number of hydrogen-bond donors (Lipinski definition) is 1. The molecule has 3 heteroatoms. The monoisotopic (exact) mass is 281 g/mol. The van der Waals surface area contributed by atoms with Gasteiger partial charge in [-0.2, -0.15) is 0 Å². The Hall–Kier alpha value is -0.730. The molecule has 0 saturated heterocycles. The zero-order valence-corrected chi connectivity index (χ0v) is 13.0. The lowest BCUT2D eigenvalue weighted by Crippen LogP contribution is -2.58. The molecule has 1 saturated carbocycles. The Morgan fingerprint density at radius 1 is 1.32 bits per heavy atom. The van der Waals surface area contributed by atoms with Crippen molar-refractivity contribution < 1.29 is 4.74 Å². The largest absolute Gasteiger partial charge is 0.382 e. The molecule has 1 aliphatic carbocycles. The summed E-state index contributed by atoms with van der Waals surface area (Å²) in [7, 11) is 0. The average molecular weight is 282 g/mol. The molecule has 0 spiro atoms. The van der Waals surface area contributed by atoms with Crippen LogP contribution in [-0.2, 0) is 4.74 Å². The van der Waals surface area contributed by atoms with Gasteiger partial charge in [-0.1, -0.05) is 39.3 Å². The number of nitrogens with one attached hydrogen (secondary N) is 1. The lowest BCUT2D eigenvalue weighted by molar-refractivity contribution is -0.108. The van der Waals surface area contributed by atoms with Gasteiger partial charge in [0, 0.05) is 28.8 Å². The minimum Gasteiger partial charge on any atom is -0.382 e. The Balaban J connectivity index is 1.88. The highest BCUT2D eigenvalue weighted by molar-refractivity contribution is 6.30. The molecule has 0 aliphatic heterocycles. The van der Waals surface area contributed by atoms with Crippen LogP contribution < -0.4 is 5.32 Å². The van der Waals surface area contributed by atoms with Crippen LogP contribution in [0.2, 0.25) is 5.02 Å². The van der Waals surface area contributed by atoms with E-state index in [4.69, 9.17) is 16.3 Å². The molecule has 0 bridgehead atoms. The fourth-order valence-electron chi connectivity index (χ4n) is 2.47. The molecule has 0 radical (unpaired) electrons. The quantitative estimate of drug-likeness (QED) is 0.852. The van der Waals surface area contributed by atoms with Gasteiger partial charge in [0.2, 0.25) is 0 Å². The number of ether oxygens (including phenoxy) is 1. The fourth-order valence-corrected chi connectivity index (χ4v) is 2.60. The Labute approximate surface area is 121 Å². The van der Waals surface area contributed by atoms with Crippen LogP contribution >= 0.6 is 11.6 Å². The average Bonchev–Trinajstić information content (AvgIpc) is 2.34. The maximum atomic E-state index is 5.98. The van der Waals surface area contributed by atoms with Crippen LogP contribution in [0.1, 0.15) is 34.1 Å². The Morgan fingerprint density at radius 3 is 2.47 bits per heavy atom. The van der Waals surface area contributed by atoms with Crippen LogP contribution in [0.3, 0.4) is 0 Å². The van der Waals surface area contributed by atoms with Gasteiger partial charge in [0.05, 0.1) is 6.10 Å². The second-order valence-electron chi connectivity index (χ2n) is 6.48. The van der Waals surface area contributed by atoms with Gasteiger partial charge in [-0.25, -0.2) is 0 Å². The number of anilines is 1. The van der Waals surface area contributed by atoms with E-state index in [1.54, 1.807) is 0 Å². The van der Waals surface area contributed by atoms with Crippen molar-refractivity contribution in [2.24, 2.45) is 11.3 Å². The van der Waals surface area contributed by atoms with Crippen molar-refractivity contribution in [2.45, 2.75) is 46.3 Å². The molecule has 1 fully saturated rings. The van der Waals surface area contributed by atoms with Crippen LogP contribution in [0.25, 0.3) is 0 Å². The highest BCUT2D eigenvalue weighted by Gasteiger charge is 2.49. The zero-order valence-electron chi connectivity index (χ0n) is 12.2. The summed E-state index contributed by atoms with van der Waals surface area (Å²) in [5.41, 5.74) is 1.30. The van der Waals surface area contributed by atoms with Crippen molar-refractivity contribution >= 4 is 17.3 Å². The summed E-state index contributed by atoms with van der Waals surface area (Å²) in [6.07, 6.45) is 1.43. The predicted octanol–water partition coefficient (Wildman–Crippen LogP) is 4.59. The molecular formula is C16H24ClNO. The molecule has 2 rings (SSSR count). The summed E-state index contributed by atoms with van der Waals surface area (Å²) >= 11 is 5.90. The molecule has 2 unspecified atom stereocenters. The smallest absolute Gasteiger partial charge is 0.0665 e.